The van der Waals surface area contributed by atoms with Gasteiger partial charge in [-0.2, -0.15) is 5.10 Å². The number of carbonyl (C=O) groups excluding carboxylic acids is 2. The van der Waals surface area contributed by atoms with Gasteiger partial charge in [-0.15, -0.1) is 5.10 Å². The Morgan fingerprint density at radius 1 is 1.12 bits per heavy atom. The fraction of sp³-hybridized carbons (Fsp3) is 0. The van der Waals surface area contributed by atoms with Gasteiger partial charge in [-0.25, -0.2) is 0 Å². The van der Waals surface area contributed by atoms with Crippen LogP contribution in [0.15, 0.2) is 42.6 Å². The second kappa shape index (κ2) is 4.44. The molecule has 0 fully saturated rings. The summed E-state index contributed by atoms with van der Waals surface area (Å²) in [5.74, 6) is -0.662. The van der Waals surface area contributed by atoms with Gasteiger partial charge in [0, 0.05) is 5.56 Å². The second-order valence-corrected chi connectivity index (χ2v) is 3.18. The lowest BCUT2D eigenvalue weighted by Gasteiger charge is -2.00. The topological polar surface area (TPSA) is 59.9 Å². The van der Waals surface area contributed by atoms with Crippen molar-refractivity contribution in [3.8, 4) is 11.1 Å². The molecule has 1 aromatic carbocycles. The van der Waals surface area contributed by atoms with Crippen molar-refractivity contribution in [1.29, 1.82) is 0 Å². The number of carbonyl (C=O) groups is 2. The Morgan fingerprint density at radius 2 is 1.88 bits per heavy atom. The van der Waals surface area contributed by atoms with E-state index in [0.29, 0.717) is 0 Å². The van der Waals surface area contributed by atoms with Crippen molar-refractivity contribution in [2.45, 2.75) is 0 Å². The molecule has 0 saturated carbocycles. The van der Waals surface area contributed by atoms with Crippen LogP contribution in [0, 0.1) is 0 Å². The lowest BCUT2D eigenvalue weighted by atomic mass is 10.1. The second-order valence-electron chi connectivity index (χ2n) is 3.18. The highest BCUT2D eigenvalue weighted by Gasteiger charge is 2.07. The van der Waals surface area contributed by atoms with Crippen LogP contribution in [0.25, 0.3) is 11.1 Å². The fourth-order valence-electron chi connectivity index (χ4n) is 1.34. The number of aldehydes is 1. The number of hydrogen-bond donors (Lipinski definition) is 0. The van der Waals surface area contributed by atoms with Gasteiger partial charge in [0.25, 0.3) is 0 Å². The zero-order valence-corrected chi connectivity index (χ0v) is 8.33. The predicted molar refractivity (Wildman–Crippen MR) is 57.9 cm³/mol. The molecule has 78 valence electrons. The summed E-state index contributed by atoms with van der Waals surface area (Å²) in [5.41, 5.74) is 1.76. The molecule has 0 saturated heterocycles. The molecular weight excluding hydrogens is 204 g/mol. The summed E-state index contributed by atoms with van der Waals surface area (Å²) in [5, 5.41) is 7.31. The van der Waals surface area contributed by atoms with E-state index in [2.05, 4.69) is 10.2 Å². The number of Topliss-reactive ketones (excluding diaryl/α,β-unsaturated/α-hetero) is 1. The molecule has 2 rings (SSSR count). The minimum atomic E-state index is -0.662. The lowest BCUT2D eigenvalue weighted by Crippen LogP contribution is -2.04. The first kappa shape index (κ1) is 10.2. The molecule has 0 N–H and O–H groups in total. The fourth-order valence-corrected chi connectivity index (χ4v) is 1.34. The average Bonchev–Trinajstić information content (AvgIpc) is 2.39. The highest BCUT2D eigenvalue weighted by atomic mass is 16.2. The first-order chi connectivity index (χ1) is 7.81. The van der Waals surface area contributed by atoms with Crippen LogP contribution in [0.4, 0.5) is 0 Å². The van der Waals surface area contributed by atoms with E-state index in [1.807, 2.05) is 30.3 Å². The summed E-state index contributed by atoms with van der Waals surface area (Å²) in [6.07, 6.45) is 1.79. The van der Waals surface area contributed by atoms with E-state index in [0.717, 1.165) is 11.1 Å². The van der Waals surface area contributed by atoms with Gasteiger partial charge in [0.15, 0.2) is 6.29 Å². The van der Waals surface area contributed by atoms with Crippen LogP contribution >= 0.6 is 0 Å². The maximum atomic E-state index is 11.1. The van der Waals surface area contributed by atoms with Crippen LogP contribution in [0.1, 0.15) is 10.5 Å². The van der Waals surface area contributed by atoms with Crippen molar-refractivity contribution in [2.24, 2.45) is 0 Å². The Labute approximate surface area is 91.9 Å². The van der Waals surface area contributed by atoms with Gasteiger partial charge in [0.05, 0.1) is 6.20 Å². The summed E-state index contributed by atoms with van der Waals surface area (Å²) < 4.78 is 0. The molecule has 0 aliphatic rings. The van der Waals surface area contributed by atoms with Crippen molar-refractivity contribution in [2.75, 3.05) is 0 Å². The van der Waals surface area contributed by atoms with E-state index in [-0.39, 0.29) is 12.0 Å². The van der Waals surface area contributed by atoms with Gasteiger partial charge in [-0.3, -0.25) is 9.59 Å². The van der Waals surface area contributed by atoms with Gasteiger partial charge in [0.1, 0.15) is 5.69 Å². The standard InChI is InChI=1S/C12H8N2O2/c15-8-12(16)11-6-10(7-13-14-11)9-4-2-1-3-5-9/h1-8H. The highest BCUT2D eigenvalue weighted by molar-refractivity contribution is 6.32. The van der Waals surface area contributed by atoms with E-state index in [1.54, 1.807) is 12.3 Å². The Morgan fingerprint density at radius 3 is 2.56 bits per heavy atom. The Balaban J connectivity index is 2.44. The average molecular weight is 212 g/mol. The van der Waals surface area contributed by atoms with Gasteiger partial charge < -0.3 is 0 Å². The van der Waals surface area contributed by atoms with Crippen molar-refractivity contribution < 1.29 is 9.59 Å². The molecule has 0 atom stereocenters. The summed E-state index contributed by atoms with van der Waals surface area (Å²) in [6.45, 7) is 0. The van der Waals surface area contributed by atoms with E-state index < -0.39 is 5.78 Å². The molecule has 0 unspecified atom stereocenters. The number of aromatic nitrogens is 2. The van der Waals surface area contributed by atoms with Crippen LogP contribution in [0.5, 0.6) is 0 Å². The SMILES string of the molecule is O=CC(=O)c1cc(-c2ccccc2)cnn1. The Kier molecular flexibility index (Phi) is 2.82. The van der Waals surface area contributed by atoms with Crippen molar-refractivity contribution in [3.63, 3.8) is 0 Å². The molecule has 2 aromatic rings. The first-order valence-electron chi connectivity index (χ1n) is 4.69. The summed E-state index contributed by atoms with van der Waals surface area (Å²) in [6, 6.07) is 11.0. The van der Waals surface area contributed by atoms with Gasteiger partial charge in [0.2, 0.25) is 5.78 Å². The molecule has 0 aliphatic heterocycles. The number of benzene rings is 1. The summed E-state index contributed by atoms with van der Waals surface area (Å²) in [4.78, 5) is 21.5. The highest BCUT2D eigenvalue weighted by Crippen LogP contribution is 2.17. The third-order valence-corrected chi connectivity index (χ3v) is 2.12. The van der Waals surface area contributed by atoms with Crippen molar-refractivity contribution >= 4 is 12.1 Å². The Bertz CT molecular complexity index is 524. The van der Waals surface area contributed by atoms with Crippen LogP contribution in [0.2, 0.25) is 0 Å². The van der Waals surface area contributed by atoms with Crippen molar-refractivity contribution in [3.05, 3.63) is 48.3 Å². The molecule has 0 aliphatic carbocycles. The van der Waals surface area contributed by atoms with E-state index in [1.165, 1.54) is 0 Å². The molecule has 0 amide bonds. The van der Waals surface area contributed by atoms with Gasteiger partial charge >= 0.3 is 0 Å². The molecular formula is C12H8N2O2. The minimum absolute atomic E-state index is 0.0661. The molecule has 4 nitrogen and oxygen atoms in total. The van der Waals surface area contributed by atoms with Crippen LogP contribution in [-0.4, -0.2) is 22.3 Å². The molecule has 0 bridgehead atoms. The van der Waals surface area contributed by atoms with E-state index in [4.69, 9.17) is 0 Å². The molecule has 16 heavy (non-hydrogen) atoms. The number of nitrogens with zero attached hydrogens (tertiary/aromatic N) is 2. The number of hydrogen-bond acceptors (Lipinski definition) is 4. The molecule has 1 heterocycles. The monoisotopic (exact) mass is 212 g/mol. The zero-order valence-electron chi connectivity index (χ0n) is 8.33. The minimum Gasteiger partial charge on any atom is -0.294 e. The van der Waals surface area contributed by atoms with E-state index >= 15 is 0 Å². The maximum Gasteiger partial charge on any atom is 0.245 e. The third-order valence-electron chi connectivity index (χ3n) is 2.12. The zero-order chi connectivity index (χ0) is 11.4. The van der Waals surface area contributed by atoms with E-state index in [9.17, 15) is 9.59 Å². The Hall–Kier alpha value is -2.36. The molecule has 4 heteroatoms. The number of rotatable bonds is 3. The van der Waals surface area contributed by atoms with Gasteiger partial charge in [-0.05, 0) is 11.6 Å². The molecule has 1 aromatic heterocycles. The number of ketones is 1. The summed E-state index contributed by atoms with van der Waals surface area (Å²) >= 11 is 0. The normalized spacial score (nSPS) is 9.75. The quantitative estimate of drug-likeness (QED) is 0.439. The third kappa shape index (κ3) is 2.00. The van der Waals surface area contributed by atoms with Crippen LogP contribution in [-0.2, 0) is 4.79 Å². The van der Waals surface area contributed by atoms with Crippen molar-refractivity contribution in [1.82, 2.24) is 10.2 Å². The van der Waals surface area contributed by atoms with Crippen LogP contribution < -0.4 is 0 Å². The molecule has 0 spiro atoms. The lowest BCUT2D eigenvalue weighted by molar-refractivity contribution is -0.104. The van der Waals surface area contributed by atoms with Crippen LogP contribution in [0.3, 0.4) is 0 Å². The smallest absolute Gasteiger partial charge is 0.245 e. The summed E-state index contributed by atoms with van der Waals surface area (Å²) in [7, 11) is 0. The molecule has 0 radical (unpaired) electrons. The van der Waals surface area contributed by atoms with Gasteiger partial charge in [-0.1, -0.05) is 30.3 Å². The largest absolute Gasteiger partial charge is 0.294 e. The maximum absolute atomic E-state index is 11.1. The predicted octanol–water partition coefficient (Wildman–Crippen LogP) is 1.53. The first-order valence-corrected chi connectivity index (χ1v) is 4.69.